The number of aryl methyl sites for hydroxylation is 1. The molecule has 1 saturated heterocycles. The number of carbonyl (C=O) groups is 2. The van der Waals surface area contributed by atoms with Gasteiger partial charge in [0.25, 0.3) is 5.91 Å². The standard InChI is InChI=1S/C38H47N3O3/c1-26-12-17-35(33(22-26)38(3,4)5)44-21-19-29-13-15-30(16-14-29)32-23-31-24-41(27(2)42)25-34(39-31)36(32)37(43)40(6)20-18-28-10-8-7-9-11-28/h7-17,22,31,34,39H,18-21,23-25H2,1-6H3/t31-,34-/m1/s1. The molecule has 232 valence electrons. The van der Waals surface area contributed by atoms with Crippen LogP contribution in [0, 0.1) is 6.92 Å². The Bertz CT molecular complexity index is 1500. The molecule has 0 unspecified atom stereocenters. The van der Waals surface area contributed by atoms with Gasteiger partial charge in [0, 0.05) is 51.6 Å². The van der Waals surface area contributed by atoms with Crippen molar-refractivity contribution in [1.29, 1.82) is 0 Å². The minimum absolute atomic E-state index is 0.0100. The average Bonchev–Trinajstić information content (AvgIpc) is 3.00. The van der Waals surface area contributed by atoms with Gasteiger partial charge >= 0.3 is 0 Å². The predicted molar refractivity (Wildman–Crippen MR) is 178 cm³/mol. The number of hydrogen-bond acceptors (Lipinski definition) is 4. The van der Waals surface area contributed by atoms with Gasteiger partial charge in [0.15, 0.2) is 0 Å². The molecule has 0 saturated carbocycles. The molecule has 2 atom stereocenters. The van der Waals surface area contributed by atoms with Crippen molar-refractivity contribution in [2.45, 2.75) is 71.4 Å². The topological polar surface area (TPSA) is 61.9 Å². The zero-order valence-corrected chi connectivity index (χ0v) is 27.2. The first-order chi connectivity index (χ1) is 21.0. The van der Waals surface area contributed by atoms with Gasteiger partial charge in [-0.1, -0.05) is 93.1 Å². The van der Waals surface area contributed by atoms with E-state index < -0.39 is 0 Å². The molecule has 0 radical (unpaired) electrons. The number of carbonyl (C=O) groups excluding carboxylic acids is 2. The molecule has 6 nitrogen and oxygen atoms in total. The number of nitrogens with one attached hydrogen (secondary N) is 1. The highest BCUT2D eigenvalue weighted by Gasteiger charge is 2.39. The smallest absolute Gasteiger partial charge is 0.251 e. The monoisotopic (exact) mass is 593 g/mol. The number of nitrogens with zero attached hydrogens (tertiary/aromatic N) is 2. The van der Waals surface area contributed by atoms with Crippen molar-refractivity contribution in [1.82, 2.24) is 15.1 Å². The summed E-state index contributed by atoms with van der Waals surface area (Å²) in [5, 5.41) is 3.65. The fraction of sp³-hybridized carbons (Fsp3) is 0.421. The van der Waals surface area contributed by atoms with Crippen molar-refractivity contribution in [3.05, 3.63) is 106 Å². The second-order valence-corrected chi connectivity index (χ2v) is 13.4. The lowest BCUT2D eigenvalue weighted by molar-refractivity contribution is -0.132. The summed E-state index contributed by atoms with van der Waals surface area (Å²) in [5.74, 6) is 1.04. The first kappa shape index (κ1) is 31.5. The lowest BCUT2D eigenvalue weighted by Crippen LogP contribution is -2.61. The van der Waals surface area contributed by atoms with Crippen LogP contribution in [-0.2, 0) is 27.8 Å². The molecule has 0 spiro atoms. The van der Waals surface area contributed by atoms with E-state index in [-0.39, 0.29) is 29.3 Å². The highest BCUT2D eigenvalue weighted by atomic mass is 16.5. The Morgan fingerprint density at radius 1 is 0.955 bits per heavy atom. The molecule has 1 N–H and O–H groups in total. The average molecular weight is 594 g/mol. The van der Waals surface area contributed by atoms with Crippen molar-refractivity contribution >= 4 is 17.4 Å². The molecule has 0 aromatic heterocycles. The van der Waals surface area contributed by atoms with Crippen LogP contribution in [0.2, 0.25) is 0 Å². The van der Waals surface area contributed by atoms with Crippen LogP contribution < -0.4 is 10.1 Å². The van der Waals surface area contributed by atoms with Crippen molar-refractivity contribution in [2.75, 3.05) is 33.3 Å². The lowest BCUT2D eigenvalue weighted by Gasteiger charge is -2.44. The van der Waals surface area contributed by atoms with E-state index in [0.29, 0.717) is 32.7 Å². The number of benzene rings is 3. The highest BCUT2D eigenvalue weighted by Crippen LogP contribution is 2.35. The van der Waals surface area contributed by atoms with Gasteiger partial charge in [0.2, 0.25) is 5.91 Å². The van der Waals surface area contributed by atoms with Crippen LogP contribution in [0.4, 0.5) is 0 Å². The Morgan fingerprint density at radius 3 is 2.34 bits per heavy atom. The molecule has 44 heavy (non-hydrogen) atoms. The van der Waals surface area contributed by atoms with Crippen molar-refractivity contribution in [3.8, 4) is 5.75 Å². The van der Waals surface area contributed by atoms with Crippen molar-refractivity contribution in [3.63, 3.8) is 0 Å². The number of piperazine rings is 1. The third kappa shape index (κ3) is 7.41. The largest absolute Gasteiger partial charge is 0.493 e. The van der Waals surface area contributed by atoms with Crippen molar-refractivity contribution in [2.24, 2.45) is 0 Å². The summed E-state index contributed by atoms with van der Waals surface area (Å²) in [4.78, 5) is 30.1. The maximum Gasteiger partial charge on any atom is 0.251 e. The number of likely N-dealkylation sites (N-methyl/N-ethyl adjacent to an activating group) is 1. The Balaban J connectivity index is 1.34. The van der Waals surface area contributed by atoms with Gasteiger partial charge in [-0.2, -0.15) is 0 Å². The minimum Gasteiger partial charge on any atom is -0.493 e. The summed E-state index contributed by atoms with van der Waals surface area (Å²) < 4.78 is 6.28. The molecule has 5 rings (SSSR count). The van der Waals surface area contributed by atoms with Gasteiger partial charge in [-0.15, -0.1) is 0 Å². The maximum absolute atomic E-state index is 14.0. The second-order valence-electron chi connectivity index (χ2n) is 13.4. The Morgan fingerprint density at radius 2 is 1.66 bits per heavy atom. The molecule has 6 heteroatoms. The van der Waals surface area contributed by atoms with E-state index in [1.54, 1.807) is 6.92 Å². The molecule has 3 aromatic carbocycles. The Kier molecular flexibility index (Phi) is 9.59. The van der Waals surface area contributed by atoms with E-state index in [9.17, 15) is 9.59 Å². The van der Waals surface area contributed by atoms with Gasteiger partial charge in [-0.3, -0.25) is 9.59 Å². The van der Waals surface area contributed by atoms with E-state index in [1.165, 1.54) is 22.3 Å². The summed E-state index contributed by atoms with van der Waals surface area (Å²) in [6.45, 7) is 12.8. The van der Waals surface area contributed by atoms with E-state index in [0.717, 1.165) is 35.3 Å². The maximum atomic E-state index is 14.0. The number of rotatable bonds is 9. The molecule has 2 bridgehead atoms. The highest BCUT2D eigenvalue weighted by molar-refractivity contribution is 6.03. The van der Waals surface area contributed by atoms with E-state index in [4.69, 9.17) is 4.74 Å². The molecule has 3 aromatic rings. The summed E-state index contributed by atoms with van der Waals surface area (Å²) >= 11 is 0. The summed E-state index contributed by atoms with van der Waals surface area (Å²) in [7, 11) is 1.88. The number of fused-ring (bicyclic) bond motifs is 2. The Labute approximate surface area is 263 Å². The molecule has 1 fully saturated rings. The zero-order chi connectivity index (χ0) is 31.4. The lowest BCUT2D eigenvalue weighted by atomic mass is 9.82. The molecular weight excluding hydrogens is 546 g/mol. The van der Waals surface area contributed by atoms with Gasteiger partial charge in [-0.05, 0) is 59.1 Å². The van der Waals surface area contributed by atoms with Crippen LogP contribution in [0.25, 0.3) is 5.57 Å². The normalized spacial score (nSPS) is 18.3. The molecule has 2 aliphatic heterocycles. The van der Waals surface area contributed by atoms with Crippen LogP contribution in [0.3, 0.4) is 0 Å². The molecule has 2 heterocycles. The fourth-order valence-corrected chi connectivity index (χ4v) is 6.38. The fourth-order valence-electron chi connectivity index (χ4n) is 6.38. The first-order valence-corrected chi connectivity index (χ1v) is 15.9. The number of hydrogen-bond donors (Lipinski definition) is 1. The van der Waals surface area contributed by atoms with Crippen LogP contribution in [-0.4, -0.2) is 67.0 Å². The van der Waals surface area contributed by atoms with Gasteiger partial charge in [-0.25, -0.2) is 0 Å². The van der Waals surface area contributed by atoms with Crippen LogP contribution in [0.5, 0.6) is 5.75 Å². The van der Waals surface area contributed by atoms with Crippen LogP contribution >= 0.6 is 0 Å². The van der Waals surface area contributed by atoms with Crippen LogP contribution in [0.1, 0.15) is 61.9 Å². The SMILES string of the molecule is CC(=O)N1C[C@H]2CC(c3ccc(CCOc4ccc(C)cc4C(C)(C)C)cc3)=C(C(=O)N(C)CCc3ccccc3)[C@@H](C1)N2. The Hall–Kier alpha value is -3.90. The third-order valence-electron chi connectivity index (χ3n) is 8.90. The van der Waals surface area contributed by atoms with Gasteiger partial charge < -0.3 is 19.9 Å². The predicted octanol–water partition coefficient (Wildman–Crippen LogP) is 5.96. The third-order valence-corrected chi connectivity index (χ3v) is 8.90. The summed E-state index contributed by atoms with van der Waals surface area (Å²) in [6, 6.07) is 25.2. The quantitative estimate of drug-likeness (QED) is 0.333. The number of ether oxygens (including phenoxy) is 1. The summed E-state index contributed by atoms with van der Waals surface area (Å²) in [5.41, 5.74) is 7.84. The van der Waals surface area contributed by atoms with E-state index in [1.807, 2.05) is 35.0 Å². The molecular formula is C38H47N3O3. The molecule has 2 aliphatic rings. The van der Waals surface area contributed by atoms with E-state index in [2.05, 4.69) is 87.6 Å². The number of amides is 2. The first-order valence-electron chi connectivity index (χ1n) is 15.9. The van der Waals surface area contributed by atoms with Crippen molar-refractivity contribution < 1.29 is 14.3 Å². The second kappa shape index (κ2) is 13.4. The minimum atomic E-state index is -0.187. The van der Waals surface area contributed by atoms with Gasteiger partial charge in [0.1, 0.15) is 5.75 Å². The molecule has 0 aliphatic carbocycles. The van der Waals surface area contributed by atoms with Gasteiger partial charge in [0.05, 0.1) is 12.6 Å². The summed E-state index contributed by atoms with van der Waals surface area (Å²) in [6.07, 6.45) is 2.30. The molecule has 2 amide bonds. The van der Waals surface area contributed by atoms with Crippen LogP contribution in [0.15, 0.2) is 78.4 Å². The zero-order valence-electron chi connectivity index (χ0n) is 27.2. The van der Waals surface area contributed by atoms with E-state index >= 15 is 0 Å².